The Bertz CT molecular complexity index is 663. The lowest BCUT2D eigenvalue weighted by Gasteiger charge is -2.05. The lowest BCUT2D eigenvalue weighted by atomic mass is 10.2. The van der Waals surface area contributed by atoms with Crippen molar-refractivity contribution in [2.24, 2.45) is 0 Å². The molecule has 0 spiro atoms. The van der Waals surface area contributed by atoms with Crippen molar-refractivity contribution in [3.05, 3.63) is 51.9 Å². The van der Waals surface area contributed by atoms with Crippen LogP contribution in [0.4, 0.5) is 5.69 Å². The number of nitrogens with one attached hydrogen (secondary N) is 1. The monoisotopic (exact) mass is 337 g/mol. The van der Waals surface area contributed by atoms with E-state index >= 15 is 0 Å². The second-order valence-corrected chi connectivity index (χ2v) is 5.02. The molecule has 0 saturated carbocycles. The molecule has 5 nitrogen and oxygen atoms in total. The highest BCUT2D eigenvalue weighted by Gasteiger charge is 2.13. The first-order chi connectivity index (χ1) is 9.49. The molecule has 0 aliphatic heterocycles. The number of carbonyl (C=O) groups is 2. The fraction of sp³-hybridized carbons (Fsp3) is 0.143. The van der Waals surface area contributed by atoms with Gasteiger partial charge in [-0.15, -0.1) is 0 Å². The summed E-state index contributed by atoms with van der Waals surface area (Å²) in [5.41, 5.74) is 0.472. The van der Waals surface area contributed by atoms with Crippen molar-refractivity contribution in [1.82, 2.24) is 0 Å². The molecule has 2 aromatic rings. The number of carbonyl (C=O) groups excluding carboxylic acids is 1. The molecular weight excluding hydrogens is 326 g/mol. The zero-order chi connectivity index (χ0) is 14.7. The number of hydrogen-bond donors (Lipinski definition) is 2. The van der Waals surface area contributed by atoms with Gasteiger partial charge in [-0.1, -0.05) is 22.9 Å². The van der Waals surface area contributed by atoms with Gasteiger partial charge < -0.3 is 14.8 Å². The van der Waals surface area contributed by atoms with Crippen LogP contribution in [-0.4, -0.2) is 17.0 Å². The molecule has 2 N–H and O–H groups in total. The van der Waals surface area contributed by atoms with E-state index in [9.17, 15) is 9.59 Å². The average Bonchev–Trinajstić information content (AvgIpc) is 2.86. The van der Waals surface area contributed by atoms with Gasteiger partial charge in [0.05, 0.1) is 5.56 Å². The van der Waals surface area contributed by atoms with E-state index in [1.165, 1.54) is 12.1 Å². The number of rotatable bonds is 4. The molecule has 1 aromatic heterocycles. The minimum absolute atomic E-state index is 0.0865. The number of amides is 1. The largest absolute Gasteiger partial charge is 0.478 e. The average molecular weight is 338 g/mol. The third-order valence-electron chi connectivity index (χ3n) is 2.64. The molecule has 20 heavy (non-hydrogen) atoms. The van der Waals surface area contributed by atoms with E-state index < -0.39 is 11.9 Å². The van der Waals surface area contributed by atoms with Crippen LogP contribution >= 0.6 is 15.9 Å². The van der Waals surface area contributed by atoms with Gasteiger partial charge in [0.25, 0.3) is 5.91 Å². The molecule has 2 rings (SSSR count). The number of carboxylic acids is 1. The molecule has 0 bridgehead atoms. The lowest BCUT2D eigenvalue weighted by Crippen LogP contribution is -2.11. The SMILES string of the molecule is CCc1ccc(C(=O)Nc2cc(Br)cc(C(=O)O)c2)o1. The van der Waals surface area contributed by atoms with E-state index in [0.717, 1.165) is 5.76 Å². The van der Waals surface area contributed by atoms with Crippen molar-refractivity contribution in [3.8, 4) is 0 Å². The Hall–Kier alpha value is -2.08. The van der Waals surface area contributed by atoms with Gasteiger partial charge in [-0.2, -0.15) is 0 Å². The zero-order valence-corrected chi connectivity index (χ0v) is 12.2. The van der Waals surface area contributed by atoms with E-state index in [1.54, 1.807) is 18.2 Å². The van der Waals surface area contributed by atoms with Crippen molar-refractivity contribution in [1.29, 1.82) is 0 Å². The number of halogens is 1. The van der Waals surface area contributed by atoms with Gasteiger partial charge in [0, 0.05) is 16.6 Å². The summed E-state index contributed by atoms with van der Waals surface area (Å²) < 4.78 is 5.91. The summed E-state index contributed by atoms with van der Waals surface area (Å²) in [7, 11) is 0. The van der Waals surface area contributed by atoms with Gasteiger partial charge in [-0.3, -0.25) is 4.79 Å². The molecule has 0 aliphatic rings. The molecule has 0 radical (unpaired) electrons. The number of carboxylic acid groups (broad SMARTS) is 1. The van der Waals surface area contributed by atoms with Gasteiger partial charge >= 0.3 is 5.97 Å². The van der Waals surface area contributed by atoms with E-state index in [4.69, 9.17) is 9.52 Å². The summed E-state index contributed by atoms with van der Waals surface area (Å²) in [5.74, 6) is -0.568. The van der Waals surface area contributed by atoms with Gasteiger partial charge in [0.2, 0.25) is 0 Å². The first-order valence-corrected chi connectivity index (χ1v) is 6.73. The summed E-state index contributed by atoms with van der Waals surface area (Å²) >= 11 is 3.20. The predicted octanol–water partition coefficient (Wildman–Crippen LogP) is 3.56. The Morgan fingerprint density at radius 2 is 2.05 bits per heavy atom. The molecule has 0 unspecified atom stereocenters. The van der Waals surface area contributed by atoms with Gasteiger partial charge in [-0.05, 0) is 30.3 Å². The van der Waals surface area contributed by atoms with Gasteiger partial charge in [-0.25, -0.2) is 4.79 Å². The Morgan fingerprint density at radius 3 is 2.65 bits per heavy atom. The standard InChI is InChI=1S/C14H12BrNO4/c1-2-11-3-4-12(20-11)13(17)16-10-6-8(14(18)19)5-9(15)7-10/h3-7H,2H2,1H3,(H,16,17)(H,18,19). The minimum atomic E-state index is -1.06. The number of benzene rings is 1. The second kappa shape index (κ2) is 5.92. The highest BCUT2D eigenvalue weighted by molar-refractivity contribution is 9.10. The minimum Gasteiger partial charge on any atom is -0.478 e. The van der Waals surface area contributed by atoms with Crippen LogP contribution in [0.2, 0.25) is 0 Å². The number of aryl methyl sites for hydroxylation is 1. The molecule has 6 heteroatoms. The van der Waals surface area contributed by atoms with Crippen molar-refractivity contribution < 1.29 is 19.1 Å². The van der Waals surface area contributed by atoms with Gasteiger partial charge in [0.1, 0.15) is 5.76 Å². The van der Waals surface area contributed by atoms with Crippen molar-refractivity contribution in [2.45, 2.75) is 13.3 Å². The molecule has 0 saturated heterocycles. The maximum Gasteiger partial charge on any atom is 0.335 e. The first-order valence-electron chi connectivity index (χ1n) is 5.93. The van der Waals surface area contributed by atoms with Crippen LogP contribution in [0.25, 0.3) is 0 Å². The maximum absolute atomic E-state index is 12.0. The quantitative estimate of drug-likeness (QED) is 0.893. The molecule has 1 amide bonds. The molecular formula is C14H12BrNO4. The molecule has 0 fully saturated rings. The first kappa shape index (κ1) is 14.3. The summed E-state index contributed by atoms with van der Waals surface area (Å²) in [6.45, 7) is 1.92. The third-order valence-corrected chi connectivity index (χ3v) is 3.09. The van der Waals surface area contributed by atoms with Crippen LogP contribution in [0.5, 0.6) is 0 Å². The van der Waals surface area contributed by atoms with Crippen LogP contribution in [0, 0.1) is 0 Å². The number of anilines is 1. The van der Waals surface area contributed by atoms with Gasteiger partial charge in [0.15, 0.2) is 5.76 Å². The fourth-order valence-corrected chi connectivity index (χ4v) is 2.16. The fourth-order valence-electron chi connectivity index (χ4n) is 1.67. The summed E-state index contributed by atoms with van der Waals surface area (Å²) in [6, 6.07) is 7.78. The second-order valence-electron chi connectivity index (χ2n) is 4.11. The van der Waals surface area contributed by atoms with Crippen LogP contribution in [0.15, 0.2) is 39.2 Å². The summed E-state index contributed by atoms with van der Waals surface area (Å²) in [4.78, 5) is 22.9. The highest BCUT2D eigenvalue weighted by Crippen LogP contribution is 2.21. The number of furan rings is 1. The Labute approximate surface area is 123 Å². The van der Waals surface area contributed by atoms with E-state index in [-0.39, 0.29) is 11.3 Å². The molecule has 1 heterocycles. The third kappa shape index (κ3) is 3.27. The molecule has 1 aromatic carbocycles. The smallest absolute Gasteiger partial charge is 0.335 e. The predicted molar refractivity (Wildman–Crippen MR) is 77.1 cm³/mol. The molecule has 0 atom stereocenters. The Morgan fingerprint density at radius 1 is 1.30 bits per heavy atom. The topological polar surface area (TPSA) is 79.5 Å². The highest BCUT2D eigenvalue weighted by atomic mass is 79.9. The summed E-state index contributed by atoms with van der Waals surface area (Å²) in [6.07, 6.45) is 0.702. The van der Waals surface area contributed by atoms with Crippen LogP contribution in [0.3, 0.4) is 0 Å². The Kier molecular flexibility index (Phi) is 4.24. The van der Waals surface area contributed by atoms with E-state index in [1.807, 2.05) is 6.92 Å². The Balaban J connectivity index is 2.21. The molecule has 104 valence electrons. The van der Waals surface area contributed by atoms with E-state index in [2.05, 4.69) is 21.2 Å². The van der Waals surface area contributed by atoms with Crippen LogP contribution < -0.4 is 5.32 Å². The van der Waals surface area contributed by atoms with Crippen molar-refractivity contribution in [3.63, 3.8) is 0 Å². The van der Waals surface area contributed by atoms with E-state index in [0.29, 0.717) is 16.6 Å². The van der Waals surface area contributed by atoms with Crippen molar-refractivity contribution in [2.75, 3.05) is 5.32 Å². The number of aromatic carboxylic acids is 1. The normalized spacial score (nSPS) is 10.3. The summed E-state index contributed by atoms with van der Waals surface area (Å²) in [5, 5.41) is 11.6. The lowest BCUT2D eigenvalue weighted by molar-refractivity contribution is 0.0696. The number of hydrogen-bond acceptors (Lipinski definition) is 3. The molecule has 0 aliphatic carbocycles. The zero-order valence-electron chi connectivity index (χ0n) is 10.6. The van der Waals surface area contributed by atoms with Crippen LogP contribution in [0.1, 0.15) is 33.6 Å². The van der Waals surface area contributed by atoms with Crippen LogP contribution in [-0.2, 0) is 6.42 Å². The maximum atomic E-state index is 12.0. The van der Waals surface area contributed by atoms with Crippen molar-refractivity contribution >= 4 is 33.5 Å².